The second kappa shape index (κ2) is 10.9. The van der Waals surface area contributed by atoms with Crippen molar-refractivity contribution in [2.75, 3.05) is 26.7 Å². The molecule has 0 spiro atoms. The molecule has 2 aromatic rings. The average Bonchev–Trinajstić information content (AvgIpc) is 2.71. The zero-order valence-corrected chi connectivity index (χ0v) is 17.0. The van der Waals surface area contributed by atoms with Crippen LogP contribution < -0.4 is 0 Å². The molecule has 0 aliphatic carbocycles. The van der Waals surface area contributed by atoms with E-state index in [1.807, 2.05) is 45.2 Å². The Balaban J connectivity index is 0.00000126. The van der Waals surface area contributed by atoms with Crippen molar-refractivity contribution in [3.05, 3.63) is 71.8 Å². The van der Waals surface area contributed by atoms with Gasteiger partial charge in [0.15, 0.2) is 0 Å². The highest BCUT2D eigenvalue weighted by Gasteiger charge is 2.33. The number of ether oxygens (including phenoxy) is 1. The van der Waals surface area contributed by atoms with Gasteiger partial charge in [0.25, 0.3) is 0 Å². The Bertz CT molecular complexity index is 675. The second-order valence-corrected chi connectivity index (χ2v) is 6.62. The first kappa shape index (κ1) is 21.1. The van der Waals surface area contributed by atoms with Gasteiger partial charge < -0.3 is 9.64 Å². The maximum absolute atomic E-state index is 12.0. The lowest BCUT2D eigenvalue weighted by molar-refractivity contribution is -0.136. The summed E-state index contributed by atoms with van der Waals surface area (Å²) in [4.78, 5) is 16.2. The SMILES string of the molecule is CC.CC(=O)N(C)C(c1ccccc1)C1CN(Cc2ccccc2)CCO1. The summed E-state index contributed by atoms with van der Waals surface area (Å²) in [5, 5.41) is 0. The van der Waals surface area contributed by atoms with E-state index in [1.165, 1.54) is 5.56 Å². The van der Waals surface area contributed by atoms with Crippen molar-refractivity contribution in [1.82, 2.24) is 9.80 Å². The highest BCUT2D eigenvalue weighted by Crippen LogP contribution is 2.28. The van der Waals surface area contributed by atoms with Crippen LogP contribution in [-0.4, -0.2) is 48.6 Å². The smallest absolute Gasteiger partial charge is 0.219 e. The van der Waals surface area contributed by atoms with Gasteiger partial charge in [-0.05, 0) is 11.1 Å². The van der Waals surface area contributed by atoms with Crippen molar-refractivity contribution in [3.63, 3.8) is 0 Å². The fourth-order valence-electron chi connectivity index (χ4n) is 3.44. The zero-order chi connectivity index (χ0) is 19.6. The first-order chi connectivity index (χ1) is 13.1. The molecule has 2 unspecified atom stereocenters. The summed E-state index contributed by atoms with van der Waals surface area (Å²) < 4.78 is 6.10. The summed E-state index contributed by atoms with van der Waals surface area (Å²) in [5.74, 6) is 0.0534. The molecular weight excluding hydrogens is 336 g/mol. The van der Waals surface area contributed by atoms with Gasteiger partial charge in [0, 0.05) is 33.6 Å². The van der Waals surface area contributed by atoms with Gasteiger partial charge >= 0.3 is 0 Å². The lowest BCUT2D eigenvalue weighted by Crippen LogP contribution is -2.49. The molecule has 1 aliphatic heterocycles. The maximum Gasteiger partial charge on any atom is 0.219 e. The first-order valence-electron chi connectivity index (χ1n) is 9.81. The Hall–Kier alpha value is -2.17. The van der Waals surface area contributed by atoms with Crippen LogP contribution in [0.5, 0.6) is 0 Å². The maximum atomic E-state index is 12.0. The minimum atomic E-state index is -0.0720. The molecule has 1 fully saturated rings. The summed E-state index contributed by atoms with van der Waals surface area (Å²) in [6, 6.07) is 20.6. The molecule has 4 nitrogen and oxygen atoms in total. The minimum absolute atomic E-state index is 0.0336. The molecule has 2 aromatic carbocycles. The van der Waals surface area contributed by atoms with Crippen LogP contribution >= 0.6 is 0 Å². The molecule has 1 amide bonds. The predicted octanol–water partition coefficient (Wildman–Crippen LogP) is 4.13. The Morgan fingerprint density at radius 1 is 1.11 bits per heavy atom. The summed E-state index contributed by atoms with van der Waals surface area (Å²) >= 11 is 0. The number of nitrogens with zero attached hydrogens (tertiary/aromatic N) is 2. The molecule has 1 saturated heterocycles. The van der Waals surface area contributed by atoms with Crippen molar-refractivity contribution in [3.8, 4) is 0 Å². The third kappa shape index (κ3) is 5.91. The van der Waals surface area contributed by atoms with Crippen LogP contribution in [0.4, 0.5) is 0 Å². The van der Waals surface area contributed by atoms with Crippen LogP contribution in [0.2, 0.25) is 0 Å². The van der Waals surface area contributed by atoms with Gasteiger partial charge in [0.05, 0.1) is 18.8 Å². The molecule has 0 radical (unpaired) electrons. The number of carbonyl (C=O) groups is 1. The van der Waals surface area contributed by atoms with Crippen LogP contribution in [-0.2, 0) is 16.1 Å². The Morgan fingerprint density at radius 3 is 2.30 bits per heavy atom. The number of hydrogen-bond acceptors (Lipinski definition) is 3. The van der Waals surface area contributed by atoms with Crippen LogP contribution in [0.15, 0.2) is 60.7 Å². The van der Waals surface area contributed by atoms with Crippen molar-refractivity contribution in [2.24, 2.45) is 0 Å². The van der Waals surface area contributed by atoms with Gasteiger partial charge in [-0.25, -0.2) is 0 Å². The van der Waals surface area contributed by atoms with E-state index in [2.05, 4.69) is 41.3 Å². The lowest BCUT2D eigenvalue weighted by atomic mass is 9.98. The van der Waals surface area contributed by atoms with Gasteiger partial charge in [-0.1, -0.05) is 74.5 Å². The second-order valence-electron chi connectivity index (χ2n) is 6.62. The largest absolute Gasteiger partial charge is 0.373 e. The van der Waals surface area contributed by atoms with E-state index in [9.17, 15) is 4.79 Å². The fraction of sp³-hybridized carbons (Fsp3) is 0.435. The Kier molecular flexibility index (Phi) is 8.49. The van der Waals surface area contributed by atoms with Gasteiger partial charge in [-0.2, -0.15) is 0 Å². The molecule has 4 heteroatoms. The first-order valence-corrected chi connectivity index (χ1v) is 9.81. The van der Waals surface area contributed by atoms with Gasteiger partial charge in [0.2, 0.25) is 5.91 Å². The fourth-order valence-corrected chi connectivity index (χ4v) is 3.44. The molecular formula is C23H32N2O2. The minimum Gasteiger partial charge on any atom is -0.373 e. The van der Waals surface area contributed by atoms with E-state index in [1.54, 1.807) is 11.8 Å². The number of rotatable bonds is 5. The number of hydrogen-bond donors (Lipinski definition) is 0. The molecule has 0 N–H and O–H groups in total. The molecule has 3 rings (SSSR count). The zero-order valence-electron chi connectivity index (χ0n) is 17.0. The Morgan fingerprint density at radius 2 is 1.70 bits per heavy atom. The Labute approximate surface area is 163 Å². The number of likely N-dealkylation sites (N-methyl/N-ethyl adjacent to an activating group) is 1. The predicted molar refractivity (Wildman–Crippen MR) is 110 cm³/mol. The lowest BCUT2D eigenvalue weighted by Gasteiger charge is -2.40. The van der Waals surface area contributed by atoms with Crippen molar-refractivity contribution < 1.29 is 9.53 Å². The van der Waals surface area contributed by atoms with E-state index in [0.717, 1.165) is 25.2 Å². The number of amides is 1. The van der Waals surface area contributed by atoms with E-state index >= 15 is 0 Å². The standard InChI is InChI=1S/C21H26N2O2.C2H6/c1-17(24)22(2)21(19-11-7-4-8-12-19)20-16-23(13-14-25-20)15-18-9-5-3-6-10-18;1-2/h3-12,20-21H,13-16H2,1-2H3;1-2H3. The third-order valence-corrected chi connectivity index (χ3v) is 4.83. The van der Waals surface area contributed by atoms with E-state index in [4.69, 9.17) is 4.74 Å². The molecule has 0 saturated carbocycles. The summed E-state index contributed by atoms with van der Waals surface area (Å²) in [6.45, 7) is 8.93. The molecule has 2 atom stereocenters. The summed E-state index contributed by atoms with van der Waals surface area (Å²) in [5.41, 5.74) is 2.42. The molecule has 0 bridgehead atoms. The summed E-state index contributed by atoms with van der Waals surface area (Å²) in [6.07, 6.45) is -0.0336. The average molecular weight is 369 g/mol. The molecule has 27 heavy (non-hydrogen) atoms. The summed E-state index contributed by atoms with van der Waals surface area (Å²) in [7, 11) is 1.86. The van der Waals surface area contributed by atoms with Gasteiger partial charge in [0.1, 0.15) is 0 Å². The number of morpholine rings is 1. The topological polar surface area (TPSA) is 32.8 Å². The van der Waals surface area contributed by atoms with Crippen molar-refractivity contribution in [2.45, 2.75) is 39.5 Å². The van der Waals surface area contributed by atoms with Crippen LogP contribution in [0, 0.1) is 0 Å². The molecule has 146 valence electrons. The van der Waals surface area contributed by atoms with E-state index in [-0.39, 0.29) is 18.1 Å². The quantitative estimate of drug-likeness (QED) is 0.795. The van der Waals surface area contributed by atoms with Crippen LogP contribution in [0.3, 0.4) is 0 Å². The van der Waals surface area contributed by atoms with Gasteiger partial charge in [-0.3, -0.25) is 9.69 Å². The number of benzene rings is 2. The normalized spacial score (nSPS) is 18.1. The third-order valence-electron chi connectivity index (χ3n) is 4.83. The van der Waals surface area contributed by atoms with E-state index < -0.39 is 0 Å². The van der Waals surface area contributed by atoms with Crippen LogP contribution in [0.1, 0.15) is 37.9 Å². The highest BCUT2D eigenvalue weighted by atomic mass is 16.5. The molecule has 1 aliphatic rings. The molecule has 1 heterocycles. The highest BCUT2D eigenvalue weighted by molar-refractivity contribution is 5.73. The number of carbonyl (C=O) groups excluding carboxylic acids is 1. The molecule has 0 aromatic heterocycles. The van der Waals surface area contributed by atoms with Crippen LogP contribution in [0.25, 0.3) is 0 Å². The monoisotopic (exact) mass is 368 g/mol. The van der Waals surface area contributed by atoms with Crippen molar-refractivity contribution in [1.29, 1.82) is 0 Å². The van der Waals surface area contributed by atoms with E-state index in [0.29, 0.717) is 6.61 Å². The van der Waals surface area contributed by atoms with Gasteiger partial charge in [-0.15, -0.1) is 0 Å². The van der Waals surface area contributed by atoms with Crippen molar-refractivity contribution >= 4 is 5.91 Å².